The number of hydrogen-bond donors (Lipinski definition) is 1. The summed E-state index contributed by atoms with van der Waals surface area (Å²) in [5, 5.41) is 4.65. The predicted molar refractivity (Wildman–Crippen MR) is 77.4 cm³/mol. The monoisotopic (exact) mass is 275 g/mol. The van der Waals surface area contributed by atoms with Crippen LogP contribution in [0, 0.1) is 5.92 Å². The Morgan fingerprint density at radius 3 is 3.15 bits per heavy atom. The molecule has 0 aliphatic carbocycles. The van der Waals surface area contributed by atoms with Crippen LogP contribution in [0.4, 0.5) is 0 Å². The van der Waals surface area contributed by atoms with Gasteiger partial charge in [-0.25, -0.2) is 4.98 Å². The summed E-state index contributed by atoms with van der Waals surface area (Å²) in [5.74, 6) is 1.51. The van der Waals surface area contributed by atoms with E-state index in [1.165, 1.54) is 19.3 Å². The fourth-order valence-corrected chi connectivity index (χ4v) is 2.99. The summed E-state index contributed by atoms with van der Waals surface area (Å²) in [6.45, 7) is 5.15. The van der Waals surface area contributed by atoms with E-state index in [0.717, 1.165) is 24.8 Å². The molecule has 0 amide bonds. The number of rotatable bonds is 3. The van der Waals surface area contributed by atoms with E-state index in [1.807, 2.05) is 7.05 Å². The summed E-state index contributed by atoms with van der Waals surface area (Å²) in [6.07, 6.45) is 5.34. The zero-order chi connectivity index (χ0) is 14.1. The summed E-state index contributed by atoms with van der Waals surface area (Å²) in [4.78, 5) is 21.8. The summed E-state index contributed by atoms with van der Waals surface area (Å²) in [6, 6.07) is 0. The van der Waals surface area contributed by atoms with Gasteiger partial charge in [0.15, 0.2) is 5.65 Å². The molecule has 0 saturated carbocycles. The van der Waals surface area contributed by atoms with Crippen molar-refractivity contribution in [2.75, 3.05) is 13.1 Å². The fourth-order valence-electron chi connectivity index (χ4n) is 2.99. The Hall–Kier alpha value is -1.69. The minimum atomic E-state index is -0.0952. The number of nitrogens with zero attached hydrogens (tertiary/aromatic N) is 4. The van der Waals surface area contributed by atoms with E-state index in [-0.39, 0.29) is 5.56 Å². The Morgan fingerprint density at radius 2 is 2.35 bits per heavy atom. The van der Waals surface area contributed by atoms with Crippen molar-refractivity contribution < 1.29 is 0 Å². The maximum Gasteiger partial charge on any atom is 0.262 e. The van der Waals surface area contributed by atoms with Crippen LogP contribution < -0.4 is 5.56 Å². The van der Waals surface area contributed by atoms with Crippen molar-refractivity contribution in [1.82, 2.24) is 24.6 Å². The summed E-state index contributed by atoms with van der Waals surface area (Å²) in [5.41, 5.74) is 0.565. The van der Waals surface area contributed by atoms with Crippen molar-refractivity contribution in [2.24, 2.45) is 13.0 Å². The molecule has 20 heavy (non-hydrogen) atoms. The molecule has 6 heteroatoms. The molecule has 0 unspecified atom stereocenters. The van der Waals surface area contributed by atoms with Gasteiger partial charge in [0.25, 0.3) is 5.56 Å². The van der Waals surface area contributed by atoms with E-state index in [2.05, 4.69) is 26.9 Å². The molecule has 6 nitrogen and oxygen atoms in total. The summed E-state index contributed by atoms with van der Waals surface area (Å²) in [7, 11) is 1.81. The van der Waals surface area contributed by atoms with Crippen LogP contribution in [0.1, 0.15) is 32.0 Å². The first-order valence-electron chi connectivity index (χ1n) is 7.30. The fraction of sp³-hybridized carbons (Fsp3) is 0.643. The number of fused-ring (bicyclic) bond motifs is 1. The van der Waals surface area contributed by atoms with Crippen molar-refractivity contribution in [3.63, 3.8) is 0 Å². The first-order valence-corrected chi connectivity index (χ1v) is 7.30. The molecule has 1 fully saturated rings. The Bertz CT molecular complexity index is 659. The number of piperidine rings is 1. The molecule has 2 aromatic rings. The standard InChI is InChI=1S/C14H21N5O/c1-3-10-5-4-6-19(8-10)9-12-16-13-11(14(20)17-12)7-15-18(13)2/h7,10H,3-6,8-9H2,1-2H3,(H,16,17,20)/t10-/m0/s1. The van der Waals surface area contributed by atoms with Gasteiger partial charge in [-0.1, -0.05) is 13.3 Å². The molecule has 2 aromatic heterocycles. The van der Waals surface area contributed by atoms with Crippen molar-refractivity contribution in [2.45, 2.75) is 32.7 Å². The minimum Gasteiger partial charge on any atom is -0.309 e. The van der Waals surface area contributed by atoms with E-state index in [1.54, 1.807) is 10.9 Å². The molecular weight excluding hydrogens is 254 g/mol. The topological polar surface area (TPSA) is 66.8 Å². The molecular formula is C14H21N5O. The van der Waals surface area contributed by atoms with Gasteiger partial charge in [0, 0.05) is 13.6 Å². The van der Waals surface area contributed by atoms with Gasteiger partial charge in [-0.2, -0.15) is 5.10 Å². The van der Waals surface area contributed by atoms with Crippen LogP contribution in [0.25, 0.3) is 11.0 Å². The number of aromatic nitrogens is 4. The lowest BCUT2D eigenvalue weighted by Gasteiger charge is -2.31. The molecule has 3 heterocycles. The van der Waals surface area contributed by atoms with E-state index >= 15 is 0 Å². The van der Waals surface area contributed by atoms with Crippen molar-refractivity contribution >= 4 is 11.0 Å². The summed E-state index contributed by atoms with van der Waals surface area (Å²) >= 11 is 0. The maximum atomic E-state index is 12.0. The van der Waals surface area contributed by atoms with Gasteiger partial charge >= 0.3 is 0 Å². The lowest BCUT2D eigenvalue weighted by atomic mass is 9.96. The molecule has 3 rings (SSSR count). The zero-order valence-corrected chi connectivity index (χ0v) is 12.1. The quantitative estimate of drug-likeness (QED) is 0.916. The van der Waals surface area contributed by atoms with Crippen LogP contribution in [0.5, 0.6) is 0 Å². The molecule has 1 saturated heterocycles. The number of likely N-dealkylation sites (tertiary alicyclic amines) is 1. The Morgan fingerprint density at radius 1 is 1.50 bits per heavy atom. The van der Waals surface area contributed by atoms with Gasteiger partial charge in [-0.3, -0.25) is 14.4 Å². The van der Waals surface area contributed by atoms with Crippen LogP contribution in [0.3, 0.4) is 0 Å². The molecule has 1 aliphatic heterocycles. The normalized spacial score (nSPS) is 20.6. The predicted octanol–water partition coefficient (Wildman–Crippen LogP) is 1.28. The average Bonchev–Trinajstić information content (AvgIpc) is 2.81. The number of aryl methyl sites for hydroxylation is 1. The van der Waals surface area contributed by atoms with Crippen molar-refractivity contribution in [3.8, 4) is 0 Å². The average molecular weight is 275 g/mol. The second-order valence-electron chi connectivity index (χ2n) is 5.67. The van der Waals surface area contributed by atoms with Crippen LogP contribution in [-0.2, 0) is 13.6 Å². The molecule has 1 aliphatic rings. The second kappa shape index (κ2) is 5.36. The highest BCUT2D eigenvalue weighted by Gasteiger charge is 2.19. The number of nitrogens with one attached hydrogen (secondary N) is 1. The van der Waals surface area contributed by atoms with E-state index in [4.69, 9.17) is 0 Å². The van der Waals surface area contributed by atoms with E-state index < -0.39 is 0 Å². The molecule has 0 aromatic carbocycles. The lowest BCUT2D eigenvalue weighted by molar-refractivity contribution is 0.161. The second-order valence-corrected chi connectivity index (χ2v) is 5.67. The lowest BCUT2D eigenvalue weighted by Crippen LogP contribution is -2.35. The number of aromatic amines is 1. The molecule has 0 bridgehead atoms. The van der Waals surface area contributed by atoms with Gasteiger partial charge in [0.2, 0.25) is 0 Å². The number of hydrogen-bond acceptors (Lipinski definition) is 4. The van der Waals surface area contributed by atoms with Gasteiger partial charge in [-0.15, -0.1) is 0 Å². The van der Waals surface area contributed by atoms with Gasteiger partial charge in [0.05, 0.1) is 12.7 Å². The van der Waals surface area contributed by atoms with Crippen molar-refractivity contribution in [3.05, 3.63) is 22.4 Å². The number of H-pyrrole nitrogens is 1. The van der Waals surface area contributed by atoms with Gasteiger partial charge < -0.3 is 4.98 Å². The maximum absolute atomic E-state index is 12.0. The smallest absolute Gasteiger partial charge is 0.262 e. The minimum absolute atomic E-state index is 0.0952. The highest BCUT2D eigenvalue weighted by atomic mass is 16.1. The third-order valence-corrected chi connectivity index (χ3v) is 4.20. The van der Waals surface area contributed by atoms with Crippen LogP contribution in [0.15, 0.2) is 11.0 Å². The highest BCUT2D eigenvalue weighted by Crippen LogP contribution is 2.20. The first kappa shape index (κ1) is 13.3. The van der Waals surface area contributed by atoms with Crippen LogP contribution >= 0.6 is 0 Å². The Kier molecular flexibility index (Phi) is 3.56. The molecule has 1 N–H and O–H groups in total. The zero-order valence-electron chi connectivity index (χ0n) is 12.1. The Labute approximate surface area is 117 Å². The highest BCUT2D eigenvalue weighted by molar-refractivity contribution is 5.72. The molecule has 1 atom stereocenters. The largest absolute Gasteiger partial charge is 0.309 e. The van der Waals surface area contributed by atoms with Gasteiger partial charge in [0.1, 0.15) is 11.2 Å². The molecule has 108 valence electrons. The van der Waals surface area contributed by atoms with Gasteiger partial charge in [-0.05, 0) is 25.3 Å². The third-order valence-electron chi connectivity index (χ3n) is 4.20. The van der Waals surface area contributed by atoms with Crippen LogP contribution in [0.2, 0.25) is 0 Å². The molecule has 0 radical (unpaired) electrons. The van der Waals surface area contributed by atoms with Crippen LogP contribution in [-0.4, -0.2) is 37.7 Å². The Balaban J connectivity index is 1.83. The van der Waals surface area contributed by atoms with E-state index in [9.17, 15) is 4.79 Å². The van der Waals surface area contributed by atoms with Crippen molar-refractivity contribution in [1.29, 1.82) is 0 Å². The first-order chi connectivity index (χ1) is 9.67. The van der Waals surface area contributed by atoms with E-state index in [0.29, 0.717) is 17.6 Å². The molecule has 0 spiro atoms. The summed E-state index contributed by atoms with van der Waals surface area (Å²) < 4.78 is 1.65. The third kappa shape index (κ3) is 2.47. The SMILES string of the molecule is CC[C@H]1CCCN(Cc2nc3c(cnn3C)c(=O)[nH]2)C1.